The Balaban J connectivity index is 2.13. The summed E-state index contributed by atoms with van der Waals surface area (Å²) in [5, 5.41) is 0. The van der Waals surface area contributed by atoms with E-state index in [1.807, 2.05) is 12.1 Å². The Labute approximate surface area is 82.2 Å². The SMILES string of the molecule is C=C1C(=O)O[C@H]2Cc3ccccc3[C@@H]12. The number of esters is 1. The predicted octanol–water partition coefficient (Wildman–Crippen LogP) is 1.81. The summed E-state index contributed by atoms with van der Waals surface area (Å²) in [6.45, 7) is 3.80. The van der Waals surface area contributed by atoms with Gasteiger partial charge in [-0.05, 0) is 11.1 Å². The smallest absolute Gasteiger partial charge is 0.334 e. The van der Waals surface area contributed by atoms with Crippen LogP contribution in [0.2, 0.25) is 0 Å². The number of ether oxygens (including phenoxy) is 1. The van der Waals surface area contributed by atoms with Crippen LogP contribution < -0.4 is 0 Å². The second-order valence-electron chi connectivity index (χ2n) is 3.85. The molecule has 0 saturated carbocycles. The van der Waals surface area contributed by atoms with Crippen LogP contribution >= 0.6 is 0 Å². The van der Waals surface area contributed by atoms with Crippen molar-refractivity contribution in [3.8, 4) is 0 Å². The van der Waals surface area contributed by atoms with Crippen LogP contribution in [0.3, 0.4) is 0 Å². The van der Waals surface area contributed by atoms with Crippen molar-refractivity contribution in [1.82, 2.24) is 0 Å². The maximum Gasteiger partial charge on any atom is 0.334 e. The van der Waals surface area contributed by atoms with E-state index in [0.717, 1.165) is 6.42 Å². The molecule has 1 aliphatic carbocycles. The van der Waals surface area contributed by atoms with Crippen LogP contribution in [0.1, 0.15) is 17.0 Å². The molecule has 0 aromatic heterocycles. The van der Waals surface area contributed by atoms with Crippen LogP contribution in [0, 0.1) is 0 Å². The number of hydrogen-bond donors (Lipinski definition) is 0. The highest BCUT2D eigenvalue weighted by molar-refractivity contribution is 5.93. The Kier molecular flexibility index (Phi) is 1.38. The van der Waals surface area contributed by atoms with Crippen molar-refractivity contribution >= 4 is 5.97 Å². The van der Waals surface area contributed by atoms with Gasteiger partial charge >= 0.3 is 5.97 Å². The molecule has 1 heterocycles. The quantitative estimate of drug-likeness (QED) is 0.456. The van der Waals surface area contributed by atoms with E-state index in [1.54, 1.807) is 0 Å². The van der Waals surface area contributed by atoms with Gasteiger partial charge in [0.2, 0.25) is 0 Å². The monoisotopic (exact) mass is 186 g/mol. The minimum Gasteiger partial charge on any atom is -0.458 e. The summed E-state index contributed by atoms with van der Waals surface area (Å²) in [4.78, 5) is 11.3. The van der Waals surface area contributed by atoms with Gasteiger partial charge in [0.15, 0.2) is 0 Å². The topological polar surface area (TPSA) is 26.3 Å². The fourth-order valence-corrected chi connectivity index (χ4v) is 2.42. The molecule has 2 atom stereocenters. The maximum atomic E-state index is 11.3. The number of hydrogen-bond acceptors (Lipinski definition) is 2. The molecule has 0 unspecified atom stereocenters. The average Bonchev–Trinajstić information content (AvgIpc) is 2.65. The molecule has 3 rings (SSSR count). The van der Waals surface area contributed by atoms with Gasteiger partial charge in [0.05, 0.1) is 5.92 Å². The lowest BCUT2D eigenvalue weighted by Crippen LogP contribution is -2.09. The lowest BCUT2D eigenvalue weighted by molar-refractivity contribution is -0.138. The van der Waals surface area contributed by atoms with E-state index in [1.165, 1.54) is 11.1 Å². The zero-order chi connectivity index (χ0) is 9.71. The first-order chi connectivity index (χ1) is 6.77. The van der Waals surface area contributed by atoms with Gasteiger partial charge in [-0.15, -0.1) is 0 Å². The van der Waals surface area contributed by atoms with Gasteiger partial charge < -0.3 is 4.74 Å². The normalized spacial score (nSPS) is 28.6. The molecule has 1 aromatic rings. The van der Waals surface area contributed by atoms with Crippen LogP contribution in [-0.2, 0) is 16.0 Å². The van der Waals surface area contributed by atoms with Crippen molar-refractivity contribution in [3.05, 3.63) is 47.5 Å². The minimum absolute atomic E-state index is 0.00685. The molecule has 1 aliphatic heterocycles. The Bertz CT molecular complexity index is 434. The fraction of sp³-hybridized carbons (Fsp3) is 0.250. The van der Waals surface area contributed by atoms with Crippen LogP contribution in [-0.4, -0.2) is 12.1 Å². The van der Waals surface area contributed by atoms with Gasteiger partial charge in [-0.1, -0.05) is 30.8 Å². The number of benzene rings is 1. The molecule has 0 radical (unpaired) electrons. The van der Waals surface area contributed by atoms with Crippen molar-refractivity contribution in [3.63, 3.8) is 0 Å². The van der Waals surface area contributed by atoms with Crippen LogP contribution in [0.15, 0.2) is 36.4 Å². The second-order valence-corrected chi connectivity index (χ2v) is 3.85. The number of carbonyl (C=O) groups excluding carboxylic acids is 1. The molecule has 70 valence electrons. The maximum absolute atomic E-state index is 11.3. The first-order valence-electron chi connectivity index (χ1n) is 4.75. The number of carbonyl (C=O) groups is 1. The highest BCUT2D eigenvalue weighted by Crippen LogP contribution is 2.44. The summed E-state index contributed by atoms with van der Waals surface area (Å²) in [6.07, 6.45) is 0.846. The third-order valence-electron chi connectivity index (χ3n) is 3.08. The Hall–Kier alpha value is -1.57. The molecule has 1 aromatic carbocycles. The van der Waals surface area contributed by atoms with E-state index in [2.05, 4.69) is 18.7 Å². The van der Waals surface area contributed by atoms with Crippen LogP contribution in [0.25, 0.3) is 0 Å². The molecule has 0 bridgehead atoms. The summed E-state index contributed by atoms with van der Waals surface area (Å²) < 4.78 is 5.24. The third-order valence-corrected chi connectivity index (χ3v) is 3.08. The van der Waals surface area contributed by atoms with Gasteiger partial charge in [0.25, 0.3) is 0 Å². The molecule has 2 aliphatic rings. The highest BCUT2D eigenvalue weighted by Gasteiger charge is 2.44. The molecule has 0 amide bonds. The summed E-state index contributed by atoms with van der Waals surface area (Å²) in [6, 6.07) is 8.17. The summed E-state index contributed by atoms with van der Waals surface area (Å²) in [5.41, 5.74) is 3.12. The van der Waals surface area contributed by atoms with E-state index in [0.29, 0.717) is 5.57 Å². The highest BCUT2D eigenvalue weighted by atomic mass is 16.6. The summed E-state index contributed by atoms with van der Waals surface area (Å²) in [5.74, 6) is -0.117. The van der Waals surface area contributed by atoms with E-state index in [4.69, 9.17) is 4.74 Å². The van der Waals surface area contributed by atoms with Crippen LogP contribution in [0.5, 0.6) is 0 Å². The number of rotatable bonds is 0. The first-order valence-corrected chi connectivity index (χ1v) is 4.75. The van der Waals surface area contributed by atoms with Crippen molar-refractivity contribution in [2.45, 2.75) is 18.4 Å². The molecule has 2 heteroatoms. The van der Waals surface area contributed by atoms with Crippen molar-refractivity contribution in [2.24, 2.45) is 0 Å². The summed E-state index contributed by atoms with van der Waals surface area (Å²) in [7, 11) is 0. The van der Waals surface area contributed by atoms with Gasteiger partial charge in [0, 0.05) is 12.0 Å². The Morgan fingerprint density at radius 2 is 2.14 bits per heavy atom. The van der Waals surface area contributed by atoms with Gasteiger partial charge in [-0.25, -0.2) is 4.79 Å². The van der Waals surface area contributed by atoms with Gasteiger partial charge in [0.1, 0.15) is 6.10 Å². The van der Waals surface area contributed by atoms with Crippen molar-refractivity contribution in [1.29, 1.82) is 0 Å². The van der Waals surface area contributed by atoms with E-state index >= 15 is 0 Å². The predicted molar refractivity (Wildman–Crippen MR) is 51.9 cm³/mol. The van der Waals surface area contributed by atoms with Crippen molar-refractivity contribution < 1.29 is 9.53 Å². The van der Waals surface area contributed by atoms with E-state index < -0.39 is 0 Å². The Morgan fingerprint density at radius 3 is 3.00 bits per heavy atom. The number of fused-ring (bicyclic) bond motifs is 3. The average molecular weight is 186 g/mol. The molecule has 14 heavy (non-hydrogen) atoms. The van der Waals surface area contributed by atoms with E-state index in [-0.39, 0.29) is 18.0 Å². The lowest BCUT2D eigenvalue weighted by Gasteiger charge is -2.06. The molecular weight excluding hydrogens is 176 g/mol. The lowest BCUT2D eigenvalue weighted by atomic mass is 9.95. The molecule has 0 N–H and O–H groups in total. The zero-order valence-corrected chi connectivity index (χ0v) is 7.69. The second kappa shape index (κ2) is 2.47. The molecular formula is C12H10O2. The van der Waals surface area contributed by atoms with Crippen molar-refractivity contribution in [2.75, 3.05) is 0 Å². The molecule has 1 fully saturated rings. The largest absolute Gasteiger partial charge is 0.458 e. The fourth-order valence-electron chi connectivity index (χ4n) is 2.42. The van der Waals surface area contributed by atoms with Crippen LogP contribution in [0.4, 0.5) is 0 Å². The third kappa shape index (κ3) is 0.830. The van der Waals surface area contributed by atoms with E-state index in [9.17, 15) is 4.79 Å². The zero-order valence-electron chi connectivity index (χ0n) is 7.69. The molecule has 1 saturated heterocycles. The minimum atomic E-state index is -0.227. The Morgan fingerprint density at radius 1 is 1.36 bits per heavy atom. The first kappa shape index (κ1) is 7.80. The summed E-state index contributed by atoms with van der Waals surface area (Å²) >= 11 is 0. The standard InChI is InChI=1S/C12H10O2/c1-7-11-9-5-3-2-4-8(9)6-10(11)14-12(7)13/h2-5,10-11H,1,6H2/t10-,11+/m0/s1. The molecule has 2 nitrogen and oxygen atoms in total. The molecule has 0 spiro atoms. The van der Waals surface area contributed by atoms with Gasteiger partial charge in [-0.3, -0.25) is 0 Å². The van der Waals surface area contributed by atoms with Gasteiger partial charge in [-0.2, -0.15) is 0 Å².